The summed E-state index contributed by atoms with van der Waals surface area (Å²) in [5.41, 5.74) is 2.28. The Kier molecular flexibility index (Phi) is 10.1. The number of carbonyl (C=O) groups is 2. The highest BCUT2D eigenvalue weighted by Gasteiger charge is 2.32. The Balaban J connectivity index is 2.44. The minimum Gasteiger partial charge on any atom is -0.352 e. The van der Waals surface area contributed by atoms with Gasteiger partial charge in [0.25, 0.3) is 0 Å². The molecule has 0 aromatic heterocycles. The van der Waals surface area contributed by atoms with E-state index < -0.39 is 28.5 Å². The molecule has 2 aromatic rings. The van der Waals surface area contributed by atoms with Crippen molar-refractivity contribution in [2.24, 2.45) is 0 Å². The number of aryl methyl sites for hydroxylation is 1. The first-order valence-electron chi connectivity index (χ1n) is 11.3. The number of anilines is 1. The largest absolute Gasteiger partial charge is 0.352 e. The highest BCUT2D eigenvalue weighted by molar-refractivity contribution is 9.10. The second-order valence-electron chi connectivity index (χ2n) is 8.50. The number of rotatable bonds is 11. The quantitative estimate of drug-likeness (QED) is 0.452. The summed E-state index contributed by atoms with van der Waals surface area (Å²) < 4.78 is 27.0. The van der Waals surface area contributed by atoms with Gasteiger partial charge in [0.1, 0.15) is 12.6 Å². The molecule has 1 N–H and O–H groups in total. The lowest BCUT2D eigenvalue weighted by Crippen LogP contribution is -2.53. The summed E-state index contributed by atoms with van der Waals surface area (Å²) in [4.78, 5) is 28.2. The van der Waals surface area contributed by atoms with E-state index in [0.717, 1.165) is 28.1 Å². The SMILES string of the molecule is CC[C@H](C(=O)N[C@@H](C)CC)N(Cc1cccc(C)c1)C(=O)CN(c1cccc(Br)c1)S(C)(=O)=O. The maximum absolute atomic E-state index is 13.6. The number of nitrogens with one attached hydrogen (secondary N) is 1. The van der Waals surface area contributed by atoms with Crippen LogP contribution in [0.1, 0.15) is 44.7 Å². The lowest BCUT2D eigenvalue weighted by atomic mass is 10.1. The van der Waals surface area contributed by atoms with Gasteiger partial charge < -0.3 is 10.2 Å². The fourth-order valence-electron chi connectivity index (χ4n) is 3.61. The summed E-state index contributed by atoms with van der Waals surface area (Å²) >= 11 is 3.36. The molecule has 0 saturated heterocycles. The summed E-state index contributed by atoms with van der Waals surface area (Å²) in [5.74, 6) is -0.690. The predicted octanol–water partition coefficient (Wildman–Crippen LogP) is 4.25. The number of hydrogen-bond acceptors (Lipinski definition) is 4. The molecule has 0 radical (unpaired) electrons. The van der Waals surface area contributed by atoms with E-state index in [1.54, 1.807) is 24.3 Å². The molecule has 2 rings (SSSR count). The van der Waals surface area contributed by atoms with Crippen molar-refractivity contribution in [3.05, 3.63) is 64.1 Å². The van der Waals surface area contributed by atoms with E-state index >= 15 is 0 Å². The number of hydrogen-bond donors (Lipinski definition) is 1. The predicted molar refractivity (Wildman–Crippen MR) is 140 cm³/mol. The Morgan fingerprint density at radius 2 is 1.74 bits per heavy atom. The molecule has 9 heteroatoms. The molecular weight excluding hydrogens is 518 g/mol. The molecule has 7 nitrogen and oxygen atoms in total. The van der Waals surface area contributed by atoms with Crippen LogP contribution in [0.5, 0.6) is 0 Å². The molecule has 0 spiro atoms. The van der Waals surface area contributed by atoms with Crippen LogP contribution in [0.4, 0.5) is 5.69 Å². The first kappa shape index (κ1) is 27.9. The van der Waals surface area contributed by atoms with Crippen LogP contribution in [-0.2, 0) is 26.2 Å². The zero-order valence-corrected chi connectivity index (χ0v) is 22.8. The lowest BCUT2D eigenvalue weighted by Gasteiger charge is -2.33. The van der Waals surface area contributed by atoms with Crippen LogP contribution in [-0.4, -0.2) is 50.0 Å². The van der Waals surface area contributed by atoms with Gasteiger partial charge in [-0.1, -0.05) is 65.7 Å². The van der Waals surface area contributed by atoms with Gasteiger partial charge in [-0.3, -0.25) is 13.9 Å². The van der Waals surface area contributed by atoms with Crippen molar-refractivity contribution in [1.29, 1.82) is 0 Å². The first-order valence-corrected chi connectivity index (χ1v) is 14.0. The van der Waals surface area contributed by atoms with E-state index in [2.05, 4.69) is 21.2 Å². The van der Waals surface area contributed by atoms with Crippen molar-refractivity contribution in [3.63, 3.8) is 0 Å². The summed E-state index contributed by atoms with van der Waals surface area (Å²) in [6.45, 7) is 7.48. The normalized spacial score (nSPS) is 13.1. The molecular formula is C25H34BrN3O4S. The summed E-state index contributed by atoms with van der Waals surface area (Å²) in [6.07, 6.45) is 2.23. The molecule has 0 unspecified atom stereocenters. The fourth-order valence-corrected chi connectivity index (χ4v) is 4.84. The molecule has 0 fully saturated rings. The molecule has 0 aliphatic rings. The van der Waals surface area contributed by atoms with E-state index in [-0.39, 0.29) is 18.5 Å². The van der Waals surface area contributed by atoms with Crippen LogP contribution in [0.25, 0.3) is 0 Å². The highest BCUT2D eigenvalue weighted by Crippen LogP contribution is 2.23. The van der Waals surface area contributed by atoms with Crippen molar-refractivity contribution in [2.75, 3.05) is 17.1 Å². The molecule has 0 saturated carbocycles. The summed E-state index contributed by atoms with van der Waals surface area (Å²) in [7, 11) is -3.75. The van der Waals surface area contributed by atoms with Gasteiger partial charge in [-0.15, -0.1) is 0 Å². The molecule has 186 valence electrons. The van der Waals surface area contributed by atoms with E-state index in [4.69, 9.17) is 0 Å². The average molecular weight is 553 g/mol. The molecule has 2 atom stereocenters. The molecule has 34 heavy (non-hydrogen) atoms. The number of amides is 2. The number of carbonyl (C=O) groups excluding carboxylic acids is 2. The van der Waals surface area contributed by atoms with Crippen molar-refractivity contribution in [1.82, 2.24) is 10.2 Å². The van der Waals surface area contributed by atoms with E-state index in [9.17, 15) is 18.0 Å². The van der Waals surface area contributed by atoms with Gasteiger partial charge in [0.15, 0.2) is 0 Å². The monoisotopic (exact) mass is 551 g/mol. The Bertz CT molecular complexity index is 1110. The second kappa shape index (κ2) is 12.4. The minimum atomic E-state index is -3.75. The summed E-state index contributed by atoms with van der Waals surface area (Å²) in [6, 6.07) is 13.7. The van der Waals surface area contributed by atoms with Gasteiger partial charge in [0.05, 0.1) is 11.9 Å². The maximum Gasteiger partial charge on any atom is 0.244 e. The van der Waals surface area contributed by atoms with Gasteiger partial charge in [0.2, 0.25) is 21.8 Å². The zero-order valence-electron chi connectivity index (χ0n) is 20.4. The van der Waals surface area contributed by atoms with E-state index in [0.29, 0.717) is 16.6 Å². The number of benzene rings is 2. The molecule has 0 aliphatic carbocycles. The van der Waals surface area contributed by atoms with Crippen LogP contribution in [0.3, 0.4) is 0 Å². The fraction of sp³-hybridized carbons (Fsp3) is 0.440. The molecule has 0 aliphatic heterocycles. The van der Waals surface area contributed by atoms with Gasteiger partial charge in [-0.2, -0.15) is 0 Å². The van der Waals surface area contributed by atoms with Crippen molar-refractivity contribution < 1.29 is 18.0 Å². The Morgan fingerprint density at radius 3 is 2.29 bits per heavy atom. The van der Waals surface area contributed by atoms with Gasteiger partial charge in [-0.05, 0) is 50.5 Å². The Labute approximate surface area is 211 Å². The Hall–Kier alpha value is -2.39. The van der Waals surface area contributed by atoms with Crippen LogP contribution in [0.15, 0.2) is 53.0 Å². The van der Waals surface area contributed by atoms with E-state index in [1.165, 1.54) is 4.90 Å². The average Bonchev–Trinajstić information content (AvgIpc) is 2.76. The number of halogens is 1. The maximum atomic E-state index is 13.6. The van der Waals surface area contributed by atoms with E-state index in [1.807, 2.05) is 52.0 Å². The van der Waals surface area contributed by atoms with Gasteiger partial charge >= 0.3 is 0 Å². The number of nitrogens with zero attached hydrogens (tertiary/aromatic N) is 2. The van der Waals surface area contributed by atoms with Crippen LogP contribution >= 0.6 is 15.9 Å². The molecule has 0 heterocycles. The zero-order chi connectivity index (χ0) is 25.5. The molecule has 0 bridgehead atoms. The van der Waals surface area contributed by atoms with Gasteiger partial charge in [0, 0.05) is 17.1 Å². The number of sulfonamides is 1. The lowest BCUT2D eigenvalue weighted by molar-refractivity contribution is -0.140. The standard InChI is InChI=1S/C25H34BrN3O4S/c1-6-19(4)27-25(31)23(7-2)28(16-20-11-8-10-18(3)14-20)24(30)17-29(34(5,32)33)22-13-9-12-21(26)15-22/h8-15,19,23H,6-7,16-17H2,1-5H3,(H,27,31)/t19-,23+/m0/s1. The Morgan fingerprint density at radius 1 is 1.06 bits per heavy atom. The van der Waals surface area contributed by atoms with Crippen molar-refractivity contribution >= 4 is 43.5 Å². The smallest absolute Gasteiger partial charge is 0.244 e. The molecule has 2 amide bonds. The topological polar surface area (TPSA) is 86.8 Å². The van der Waals surface area contributed by atoms with Crippen molar-refractivity contribution in [3.8, 4) is 0 Å². The molecule has 2 aromatic carbocycles. The third-order valence-corrected chi connectivity index (χ3v) is 7.23. The van der Waals surface area contributed by atoms with Crippen LogP contribution in [0, 0.1) is 6.92 Å². The second-order valence-corrected chi connectivity index (χ2v) is 11.3. The highest BCUT2D eigenvalue weighted by atomic mass is 79.9. The van der Waals surface area contributed by atoms with Crippen molar-refractivity contribution in [2.45, 2.75) is 59.2 Å². The first-order chi connectivity index (χ1) is 16.0. The third-order valence-electron chi connectivity index (χ3n) is 5.60. The van der Waals surface area contributed by atoms with Gasteiger partial charge in [-0.25, -0.2) is 8.42 Å². The van der Waals surface area contributed by atoms with Crippen LogP contribution in [0.2, 0.25) is 0 Å². The van der Waals surface area contributed by atoms with Crippen LogP contribution < -0.4 is 9.62 Å². The minimum absolute atomic E-state index is 0.0355. The summed E-state index contributed by atoms with van der Waals surface area (Å²) in [5, 5.41) is 2.96. The third kappa shape index (κ3) is 7.84.